The average molecular weight is 266 g/mol. The van der Waals surface area contributed by atoms with Crippen LogP contribution in [0.5, 0.6) is 0 Å². The molecule has 2 fully saturated rings. The second-order valence-corrected chi connectivity index (χ2v) is 7.02. The summed E-state index contributed by atoms with van der Waals surface area (Å²) in [7, 11) is 0. The molecule has 0 spiro atoms. The van der Waals surface area contributed by atoms with Gasteiger partial charge in [-0.3, -0.25) is 0 Å². The Balaban J connectivity index is 1.81. The van der Waals surface area contributed by atoms with Gasteiger partial charge in [-0.2, -0.15) is 0 Å². The summed E-state index contributed by atoms with van der Waals surface area (Å²) in [5, 5.41) is 0. The fraction of sp³-hybridized carbons (Fsp3) is 1.00. The van der Waals surface area contributed by atoms with Crippen molar-refractivity contribution in [2.75, 3.05) is 19.6 Å². The molecule has 2 aliphatic rings. The molecular formula is C17H34N2. The van der Waals surface area contributed by atoms with E-state index in [1.54, 1.807) is 0 Å². The first-order valence-corrected chi connectivity index (χ1v) is 8.70. The summed E-state index contributed by atoms with van der Waals surface area (Å²) < 4.78 is 0. The van der Waals surface area contributed by atoms with Gasteiger partial charge in [0.1, 0.15) is 0 Å². The van der Waals surface area contributed by atoms with Crippen molar-refractivity contribution in [1.29, 1.82) is 0 Å². The Morgan fingerprint density at radius 1 is 0.947 bits per heavy atom. The van der Waals surface area contributed by atoms with Crippen LogP contribution in [0.2, 0.25) is 0 Å². The molecule has 1 heterocycles. The van der Waals surface area contributed by atoms with Crippen molar-refractivity contribution in [1.82, 2.24) is 4.90 Å². The minimum absolute atomic E-state index is 0.466. The summed E-state index contributed by atoms with van der Waals surface area (Å²) in [6, 6.07) is 0.466. The predicted octanol–water partition coefficient (Wildman–Crippen LogP) is 3.65. The smallest absolute Gasteiger partial charge is 0.00795 e. The monoisotopic (exact) mass is 266 g/mol. The van der Waals surface area contributed by atoms with Crippen LogP contribution in [0.4, 0.5) is 0 Å². The van der Waals surface area contributed by atoms with Gasteiger partial charge in [0.05, 0.1) is 0 Å². The van der Waals surface area contributed by atoms with Gasteiger partial charge in [-0.05, 0) is 69.4 Å². The van der Waals surface area contributed by atoms with Crippen molar-refractivity contribution in [2.24, 2.45) is 23.5 Å². The zero-order valence-corrected chi connectivity index (χ0v) is 13.1. The summed E-state index contributed by atoms with van der Waals surface area (Å²) in [4.78, 5) is 2.72. The van der Waals surface area contributed by atoms with Gasteiger partial charge in [-0.25, -0.2) is 0 Å². The van der Waals surface area contributed by atoms with Gasteiger partial charge < -0.3 is 10.6 Å². The van der Waals surface area contributed by atoms with Crippen molar-refractivity contribution in [3.05, 3.63) is 0 Å². The van der Waals surface area contributed by atoms with Crippen LogP contribution in [-0.2, 0) is 0 Å². The van der Waals surface area contributed by atoms with Gasteiger partial charge in [-0.1, -0.05) is 26.7 Å². The van der Waals surface area contributed by atoms with Crippen LogP contribution in [0.15, 0.2) is 0 Å². The molecule has 0 aromatic heterocycles. The third-order valence-corrected chi connectivity index (χ3v) is 5.74. The molecule has 2 heteroatoms. The highest BCUT2D eigenvalue weighted by atomic mass is 15.1. The molecule has 4 unspecified atom stereocenters. The SMILES string of the molecule is CCC1CCCN(CC2CC(CC)CCC2N)CC1. The first-order valence-electron chi connectivity index (χ1n) is 8.70. The molecule has 19 heavy (non-hydrogen) atoms. The lowest BCUT2D eigenvalue weighted by atomic mass is 9.77. The maximum absolute atomic E-state index is 6.38. The summed E-state index contributed by atoms with van der Waals surface area (Å²) >= 11 is 0. The maximum Gasteiger partial charge on any atom is 0.00795 e. The quantitative estimate of drug-likeness (QED) is 0.841. The van der Waals surface area contributed by atoms with Crippen LogP contribution in [0, 0.1) is 17.8 Å². The molecule has 2 nitrogen and oxygen atoms in total. The molecule has 0 bridgehead atoms. The van der Waals surface area contributed by atoms with Crippen LogP contribution in [0.25, 0.3) is 0 Å². The second-order valence-electron chi connectivity index (χ2n) is 7.02. The Morgan fingerprint density at radius 3 is 2.47 bits per heavy atom. The number of likely N-dealkylation sites (tertiary alicyclic amines) is 1. The normalized spacial score (nSPS) is 38.1. The number of nitrogens with zero attached hydrogens (tertiary/aromatic N) is 1. The Bertz CT molecular complexity index is 254. The van der Waals surface area contributed by atoms with Crippen molar-refractivity contribution in [3.8, 4) is 0 Å². The van der Waals surface area contributed by atoms with E-state index in [4.69, 9.17) is 5.73 Å². The molecule has 1 saturated carbocycles. The van der Waals surface area contributed by atoms with Gasteiger partial charge in [0, 0.05) is 12.6 Å². The van der Waals surface area contributed by atoms with Crippen LogP contribution in [-0.4, -0.2) is 30.6 Å². The molecule has 112 valence electrons. The molecule has 2 rings (SSSR count). The van der Waals surface area contributed by atoms with E-state index < -0.39 is 0 Å². The van der Waals surface area contributed by atoms with Crippen LogP contribution in [0.3, 0.4) is 0 Å². The van der Waals surface area contributed by atoms with Crippen molar-refractivity contribution in [3.63, 3.8) is 0 Å². The standard InChI is InChI=1S/C17H34N2/c1-3-14-6-5-10-19(11-9-14)13-16-12-15(4-2)7-8-17(16)18/h14-17H,3-13,18H2,1-2H3. The lowest BCUT2D eigenvalue weighted by Gasteiger charge is -2.37. The fourth-order valence-corrected chi connectivity index (χ4v) is 4.11. The van der Waals surface area contributed by atoms with Crippen LogP contribution < -0.4 is 5.73 Å². The summed E-state index contributed by atoms with van der Waals surface area (Å²) in [6.45, 7) is 8.60. The van der Waals surface area contributed by atoms with E-state index in [0.717, 1.165) is 17.8 Å². The van der Waals surface area contributed by atoms with E-state index in [-0.39, 0.29) is 0 Å². The average Bonchev–Trinajstić information content (AvgIpc) is 2.66. The molecule has 1 aliphatic carbocycles. The molecular weight excluding hydrogens is 232 g/mol. The van der Waals surface area contributed by atoms with E-state index in [9.17, 15) is 0 Å². The Kier molecular flexibility index (Phi) is 6.15. The van der Waals surface area contributed by atoms with E-state index in [1.165, 1.54) is 71.0 Å². The number of nitrogens with two attached hydrogens (primary N) is 1. The molecule has 4 atom stereocenters. The lowest BCUT2D eigenvalue weighted by Crippen LogP contribution is -2.43. The molecule has 0 radical (unpaired) electrons. The van der Waals surface area contributed by atoms with Crippen molar-refractivity contribution >= 4 is 0 Å². The van der Waals surface area contributed by atoms with E-state index in [2.05, 4.69) is 18.7 Å². The minimum atomic E-state index is 0.466. The highest BCUT2D eigenvalue weighted by molar-refractivity contribution is 4.85. The highest BCUT2D eigenvalue weighted by Gasteiger charge is 2.29. The largest absolute Gasteiger partial charge is 0.327 e. The van der Waals surface area contributed by atoms with Gasteiger partial charge in [0.15, 0.2) is 0 Å². The molecule has 1 saturated heterocycles. The van der Waals surface area contributed by atoms with E-state index in [1.807, 2.05) is 0 Å². The Labute approximate surface area is 120 Å². The maximum atomic E-state index is 6.38. The molecule has 0 aromatic carbocycles. The van der Waals surface area contributed by atoms with Gasteiger partial charge in [0.2, 0.25) is 0 Å². The summed E-state index contributed by atoms with van der Waals surface area (Å²) in [5.74, 6) is 2.69. The lowest BCUT2D eigenvalue weighted by molar-refractivity contribution is 0.156. The predicted molar refractivity (Wildman–Crippen MR) is 83.2 cm³/mol. The first kappa shape index (κ1) is 15.3. The third-order valence-electron chi connectivity index (χ3n) is 5.74. The third kappa shape index (κ3) is 4.46. The van der Waals surface area contributed by atoms with Gasteiger partial charge >= 0.3 is 0 Å². The zero-order valence-electron chi connectivity index (χ0n) is 13.1. The van der Waals surface area contributed by atoms with Crippen LogP contribution >= 0.6 is 0 Å². The summed E-state index contributed by atoms with van der Waals surface area (Å²) in [5.41, 5.74) is 6.38. The molecule has 0 amide bonds. The number of rotatable bonds is 4. The second kappa shape index (κ2) is 7.64. The highest BCUT2D eigenvalue weighted by Crippen LogP contribution is 2.31. The minimum Gasteiger partial charge on any atom is -0.327 e. The zero-order chi connectivity index (χ0) is 13.7. The van der Waals surface area contributed by atoms with E-state index in [0.29, 0.717) is 6.04 Å². The molecule has 1 aliphatic heterocycles. The van der Waals surface area contributed by atoms with Crippen molar-refractivity contribution < 1.29 is 0 Å². The molecule has 0 aromatic rings. The van der Waals surface area contributed by atoms with Crippen molar-refractivity contribution in [2.45, 2.75) is 71.3 Å². The van der Waals surface area contributed by atoms with Gasteiger partial charge in [-0.15, -0.1) is 0 Å². The fourth-order valence-electron chi connectivity index (χ4n) is 4.11. The van der Waals surface area contributed by atoms with Gasteiger partial charge in [0.25, 0.3) is 0 Å². The Hall–Kier alpha value is -0.0800. The van der Waals surface area contributed by atoms with Crippen LogP contribution in [0.1, 0.15) is 65.2 Å². The summed E-state index contributed by atoms with van der Waals surface area (Å²) in [6.07, 6.45) is 11.0. The molecule has 2 N–H and O–H groups in total. The number of hydrogen-bond acceptors (Lipinski definition) is 2. The topological polar surface area (TPSA) is 29.3 Å². The Morgan fingerprint density at radius 2 is 1.74 bits per heavy atom. The van der Waals surface area contributed by atoms with E-state index >= 15 is 0 Å². The number of hydrogen-bond donors (Lipinski definition) is 1. The first-order chi connectivity index (χ1) is 9.22.